The molecule has 0 saturated carbocycles. The molecule has 6 heteroatoms. The fraction of sp³-hybridized carbons (Fsp3) is 0.316. The summed E-state index contributed by atoms with van der Waals surface area (Å²) in [6, 6.07) is 9.46. The molecule has 1 amide bonds. The summed E-state index contributed by atoms with van der Waals surface area (Å²) in [7, 11) is 3.10. The molecule has 25 heavy (non-hydrogen) atoms. The maximum Gasteiger partial charge on any atom is 0.231 e. The van der Waals surface area contributed by atoms with Crippen molar-refractivity contribution in [2.75, 3.05) is 25.7 Å². The number of fused-ring (bicyclic) bond motifs is 1. The number of hydrogen-bond donors (Lipinski definition) is 1. The van der Waals surface area contributed by atoms with Crippen LogP contribution in [0.1, 0.15) is 23.7 Å². The van der Waals surface area contributed by atoms with E-state index in [-0.39, 0.29) is 12.3 Å². The Bertz CT molecular complexity index is 793. The van der Waals surface area contributed by atoms with Crippen LogP contribution in [0.25, 0.3) is 0 Å². The summed E-state index contributed by atoms with van der Waals surface area (Å²) < 4.78 is 23.9. The van der Waals surface area contributed by atoms with E-state index in [1.54, 1.807) is 37.3 Å². The quantitative estimate of drug-likeness (QED) is 0.926. The number of nitrogens with zero attached hydrogens (tertiary/aromatic N) is 1. The third-order valence-electron chi connectivity index (χ3n) is 4.37. The summed E-state index contributed by atoms with van der Waals surface area (Å²) in [6.45, 7) is 0.395. The van der Waals surface area contributed by atoms with Crippen molar-refractivity contribution in [3.63, 3.8) is 0 Å². The predicted octanol–water partition coefficient (Wildman–Crippen LogP) is 2.86. The Hall–Kier alpha value is -2.60. The fourth-order valence-electron chi connectivity index (χ4n) is 3.09. The van der Waals surface area contributed by atoms with Crippen molar-refractivity contribution in [1.29, 1.82) is 0 Å². The highest BCUT2D eigenvalue weighted by molar-refractivity contribution is 5.96. The highest BCUT2D eigenvalue weighted by atomic mass is 19.1. The number of carbonyl (C=O) groups is 1. The molecule has 0 spiro atoms. The first kappa shape index (κ1) is 17.2. The van der Waals surface area contributed by atoms with E-state index in [2.05, 4.69) is 0 Å². The average molecular weight is 345 g/mol. The molecular weight excluding hydrogens is 325 g/mol. The zero-order valence-electron chi connectivity index (χ0n) is 14.2. The van der Waals surface area contributed by atoms with Crippen LogP contribution in [-0.4, -0.2) is 31.8 Å². The van der Waals surface area contributed by atoms with E-state index in [4.69, 9.17) is 9.47 Å². The predicted molar refractivity (Wildman–Crippen MR) is 91.6 cm³/mol. The van der Waals surface area contributed by atoms with E-state index in [1.807, 2.05) is 6.07 Å². The van der Waals surface area contributed by atoms with E-state index in [1.165, 1.54) is 12.1 Å². The zero-order valence-corrected chi connectivity index (χ0v) is 14.2. The maximum atomic E-state index is 13.5. The van der Waals surface area contributed by atoms with Gasteiger partial charge in [-0.2, -0.15) is 0 Å². The molecule has 0 aromatic heterocycles. The first-order valence-corrected chi connectivity index (χ1v) is 8.02. The Morgan fingerprint density at radius 3 is 2.68 bits per heavy atom. The maximum absolute atomic E-state index is 13.5. The first-order valence-electron chi connectivity index (χ1n) is 8.02. The molecule has 5 nitrogen and oxygen atoms in total. The third-order valence-corrected chi connectivity index (χ3v) is 4.37. The summed E-state index contributed by atoms with van der Waals surface area (Å²) in [5.41, 5.74) is 1.80. The number of ether oxygens (including phenoxy) is 2. The fourth-order valence-corrected chi connectivity index (χ4v) is 3.09. The zero-order chi connectivity index (χ0) is 18.0. The summed E-state index contributed by atoms with van der Waals surface area (Å²) in [4.78, 5) is 14.3. The number of amides is 1. The number of aliphatic hydroxyl groups is 1. The van der Waals surface area contributed by atoms with Gasteiger partial charge in [0, 0.05) is 17.8 Å². The van der Waals surface area contributed by atoms with Gasteiger partial charge in [0.2, 0.25) is 5.91 Å². The molecule has 1 aliphatic heterocycles. The molecule has 1 heterocycles. The van der Waals surface area contributed by atoms with Gasteiger partial charge in [0.05, 0.1) is 26.7 Å². The lowest BCUT2D eigenvalue weighted by Gasteiger charge is -2.32. The minimum absolute atomic E-state index is 0.119. The second-order valence-electron chi connectivity index (χ2n) is 5.92. The average Bonchev–Trinajstić information content (AvgIpc) is 2.62. The smallest absolute Gasteiger partial charge is 0.231 e. The van der Waals surface area contributed by atoms with Gasteiger partial charge in [-0.3, -0.25) is 4.79 Å². The molecule has 1 unspecified atom stereocenters. The monoisotopic (exact) mass is 345 g/mol. The molecule has 132 valence electrons. The molecule has 0 fully saturated rings. The van der Waals surface area contributed by atoms with Crippen LogP contribution in [0, 0.1) is 5.82 Å². The van der Waals surface area contributed by atoms with Crippen molar-refractivity contribution in [2.24, 2.45) is 0 Å². The molecule has 3 rings (SSSR count). The minimum atomic E-state index is -0.754. The van der Waals surface area contributed by atoms with Gasteiger partial charge in [0.15, 0.2) is 11.5 Å². The van der Waals surface area contributed by atoms with Gasteiger partial charge in [-0.15, -0.1) is 0 Å². The first-order chi connectivity index (χ1) is 12.0. The number of benzene rings is 2. The summed E-state index contributed by atoms with van der Waals surface area (Å²) in [5, 5.41) is 10.1. The van der Waals surface area contributed by atoms with Crippen LogP contribution >= 0.6 is 0 Å². The summed E-state index contributed by atoms with van der Waals surface area (Å²) >= 11 is 0. The molecular formula is C19H20FNO4. The second kappa shape index (κ2) is 7.11. The molecule has 0 radical (unpaired) electrons. The highest BCUT2D eigenvalue weighted by Crippen LogP contribution is 2.35. The van der Waals surface area contributed by atoms with Crippen molar-refractivity contribution in [3.8, 4) is 11.5 Å². The van der Waals surface area contributed by atoms with Crippen LogP contribution in [0.15, 0.2) is 36.4 Å². The van der Waals surface area contributed by atoms with Crippen LogP contribution in [0.2, 0.25) is 0 Å². The Kier molecular flexibility index (Phi) is 4.90. The van der Waals surface area contributed by atoms with Crippen molar-refractivity contribution < 1.29 is 23.8 Å². The number of halogens is 1. The van der Waals surface area contributed by atoms with Gasteiger partial charge >= 0.3 is 0 Å². The topological polar surface area (TPSA) is 59.0 Å². The Labute approximate surface area is 145 Å². The standard InChI is InChI=1S/C19H20FNO4/c1-24-17-6-3-12(9-18(17)25-2)10-19(23)21-8-7-16(22)14-11-13(20)4-5-15(14)21/h3-6,9,11,16,22H,7-8,10H2,1-2H3. The lowest BCUT2D eigenvalue weighted by Crippen LogP contribution is -2.37. The van der Waals surface area contributed by atoms with Gasteiger partial charge in [-0.05, 0) is 42.3 Å². The van der Waals surface area contributed by atoms with E-state index in [0.29, 0.717) is 35.7 Å². The number of anilines is 1. The Morgan fingerprint density at radius 2 is 1.96 bits per heavy atom. The highest BCUT2D eigenvalue weighted by Gasteiger charge is 2.28. The molecule has 1 atom stereocenters. The van der Waals surface area contributed by atoms with Crippen LogP contribution in [0.4, 0.5) is 10.1 Å². The van der Waals surface area contributed by atoms with Crippen LogP contribution in [0.5, 0.6) is 11.5 Å². The van der Waals surface area contributed by atoms with E-state index >= 15 is 0 Å². The molecule has 2 aromatic carbocycles. The van der Waals surface area contributed by atoms with Crippen LogP contribution in [-0.2, 0) is 11.2 Å². The third kappa shape index (κ3) is 3.44. The SMILES string of the molecule is COc1ccc(CC(=O)N2CCC(O)c3cc(F)ccc32)cc1OC. The number of carbonyl (C=O) groups excluding carboxylic acids is 1. The van der Waals surface area contributed by atoms with Crippen molar-refractivity contribution in [2.45, 2.75) is 18.9 Å². The number of rotatable bonds is 4. The molecule has 0 bridgehead atoms. The lowest BCUT2D eigenvalue weighted by atomic mass is 9.98. The molecule has 1 aliphatic rings. The van der Waals surface area contributed by atoms with Gasteiger partial charge in [0.25, 0.3) is 0 Å². The van der Waals surface area contributed by atoms with E-state index < -0.39 is 11.9 Å². The number of aliphatic hydroxyl groups excluding tert-OH is 1. The van der Waals surface area contributed by atoms with E-state index in [9.17, 15) is 14.3 Å². The second-order valence-corrected chi connectivity index (χ2v) is 5.92. The Morgan fingerprint density at radius 1 is 1.20 bits per heavy atom. The largest absolute Gasteiger partial charge is 0.493 e. The van der Waals surface area contributed by atoms with Crippen molar-refractivity contribution >= 4 is 11.6 Å². The summed E-state index contributed by atoms with van der Waals surface area (Å²) in [5.74, 6) is 0.615. The number of hydrogen-bond acceptors (Lipinski definition) is 4. The summed E-state index contributed by atoms with van der Waals surface area (Å²) in [6.07, 6.45) is -0.197. The van der Waals surface area contributed by atoms with Gasteiger partial charge in [-0.1, -0.05) is 6.07 Å². The van der Waals surface area contributed by atoms with Crippen molar-refractivity contribution in [3.05, 3.63) is 53.3 Å². The number of methoxy groups -OCH3 is 2. The molecule has 2 aromatic rings. The van der Waals surface area contributed by atoms with Gasteiger partial charge < -0.3 is 19.5 Å². The van der Waals surface area contributed by atoms with Crippen LogP contribution in [0.3, 0.4) is 0 Å². The normalized spacial score (nSPS) is 16.3. The van der Waals surface area contributed by atoms with Gasteiger partial charge in [-0.25, -0.2) is 4.39 Å². The van der Waals surface area contributed by atoms with Gasteiger partial charge in [0.1, 0.15) is 5.82 Å². The molecule has 1 N–H and O–H groups in total. The molecule has 0 saturated heterocycles. The van der Waals surface area contributed by atoms with Crippen molar-refractivity contribution in [1.82, 2.24) is 0 Å². The minimum Gasteiger partial charge on any atom is -0.493 e. The Balaban J connectivity index is 1.84. The molecule has 0 aliphatic carbocycles. The van der Waals surface area contributed by atoms with E-state index in [0.717, 1.165) is 5.56 Å². The van der Waals surface area contributed by atoms with Crippen LogP contribution < -0.4 is 14.4 Å². The lowest BCUT2D eigenvalue weighted by molar-refractivity contribution is -0.118.